The molecule has 0 spiro atoms. The molecule has 4 aromatic rings. The summed E-state index contributed by atoms with van der Waals surface area (Å²) in [7, 11) is 1.82. The van der Waals surface area contributed by atoms with Gasteiger partial charge >= 0.3 is 0 Å². The van der Waals surface area contributed by atoms with E-state index in [1.54, 1.807) is 0 Å². The highest BCUT2D eigenvalue weighted by Gasteiger charge is 2.27. The molecular formula is C28H32N5O4+. The van der Waals surface area contributed by atoms with Gasteiger partial charge in [0.05, 0.1) is 38.9 Å². The first kappa shape index (κ1) is 24.8. The van der Waals surface area contributed by atoms with Crippen LogP contribution in [0.25, 0.3) is 10.9 Å². The molecule has 5 rings (SSSR count). The summed E-state index contributed by atoms with van der Waals surface area (Å²) in [5, 5.41) is 21.0. The molecule has 1 saturated heterocycles. The minimum absolute atomic E-state index is 0.0470. The Labute approximate surface area is 215 Å². The maximum atomic E-state index is 12.8. The number of piperazine rings is 1. The van der Waals surface area contributed by atoms with E-state index >= 15 is 0 Å². The van der Waals surface area contributed by atoms with Crippen LogP contribution in [0.5, 0.6) is 5.75 Å². The molecule has 0 saturated carbocycles. The molecule has 1 aliphatic heterocycles. The fourth-order valence-electron chi connectivity index (χ4n) is 4.32. The van der Waals surface area contributed by atoms with E-state index < -0.39 is 0 Å². The largest absolute Gasteiger partial charge is 0.491 e. The number of carbonyl (C=O) groups excluding carboxylic acids is 1. The van der Waals surface area contributed by atoms with Crippen LogP contribution in [0.2, 0.25) is 0 Å². The van der Waals surface area contributed by atoms with Crippen LogP contribution in [-0.4, -0.2) is 72.4 Å². The number of benzene rings is 3. The lowest BCUT2D eigenvalue weighted by atomic mass is 10.1. The molecule has 1 fully saturated rings. The molecule has 9 heteroatoms. The fourth-order valence-corrected chi connectivity index (χ4v) is 4.32. The molecule has 1 amide bonds. The summed E-state index contributed by atoms with van der Waals surface area (Å²) in [6, 6.07) is 23.1. The van der Waals surface area contributed by atoms with Crippen LogP contribution in [-0.2, 0) is 11.3 Å². The van der Waals surface area contributed by atoms with Gasteiger partial charge in [0.25, 0.3) is 5.91 Å². The number of anilines is 2. The SMILES string of the molecule is C[N+]1(O)CCN(c2ccc(C(=O)Nc3n[nH]c4cc(OCCOCc5ccccc5)ccc34)cc2)CC1. The Morgan fingerprint density at radius 3 is 2.57 bits per heavy atom. The number of aromatic amines is 1. The highest BCUT2D eigenvalue weighted by Crippen LogP contribution is 2.26. The zero-order valence-corrected chi connectivity index (χ0v) is 20.9. The van der Waals surface area contributed by atoms with Crippen molar-refractivity contribution in [2.45, 2.75) is 6.61 Å². The van der Waals surface area contributed by atoms with Gasteiger partial charge in [-0.05, 0) is 42.0 Å². The monoisotopic (exact) mass is 502 g/mol. The van der Waals surface area contributed by atoms with Gasteiger partial charge in [0.1, 0.15) is 25.4 Å². The van der Waals surface area contributed by atoms with Crippen molar-refractivity contribution in [1.82, 2.24) is 10.2 Å². The van der Waals surface area contributed by atoms with Crippen molar-refractivity contribution >= 4 is 28.3 Å². The Kier molecular flexibility index (Phi) is 7.36. The minimum atomic E-state index is -0.228. The third-order valence-electron chi connectivity index (χ3n) is 6.57. The van der Waals surface area contributed by atoms with E-state index in [1.807, 2.05) is 79.8 Å². The van der Waals surface area contributed by atoms with Crippen molar-refractivity contribution in [2.24, 2.45) is 0 Å². The summed E-state index contributed by atoms with van der Waals surface area (Å²) in [4.78, 5) is 15.1. The number of H-pyrrole nitrogens is 1. The molecule has 1 aliphatic rings. The van der Waals surface area contributed by atoms with E-state index in [4.69, 9.17) is 9.47 Å². The molecular weight excluding hydrogens is 470 g/mol. The lowest BCUT2D eigenvalue weighted by Crippen LogP contribution is -2.55. The van der Waals surface area contributed by atoms with Gasteiger partial charge in [-0.2, -0.15) is 9.75 Å². The highest BCUT2D eigenvalue weighted by molar-refractivity contribution is 6.08. The van der Waals surface area contributed by atoms with Gasteiger partial charge in [-0.25, -0.2) is 5.21 Å². The Morgan fingerprint density at radius 1 is 1.05 bits per heavy atom. The van der Waals surface area contributed by atoms with Crippen LogP contribution in [0.1, 0.15) is 15.9 Å². The van der Waals surface area contributed by atoms with Crippen LogP contribution >= 0.6 is 0 Å². The minimum Gasteiger partial charge on any atom is -0.491 e. The molecule has 0 bridgehead atoms. The van der Waals surface area contributed by atoms with Gasteiger partial charge in [-0.3, -0.25) is 9.89 Å². The number of rotatable bonds is 9. The van der Waals surface area contributed by atoms with Gasteiger partial charge in [0.2, 0.25) is 0 Å². The number of quaternary nitrogens is 1. The second-order valence-electron chi connectivity index (χ2n) is 9.44. The molecule has 3 aromatic carbocycles. The molecule has 1 aromatic heterocycles. The standard InChI is InChI=1S/C28H31N5O4/c1-33(35)15-13-32(14-16-33)23-9-7-22(8-10-23)28(34)29-27-25-12-11-24(19-26(25)30-31-27)37-18-17-36-20-21-5-3-2-4-6-21/h2-12,19,35H,13-18,20H2,1H3,(H-,29,30,31,34)/p+1. The quantitative estimate of drug-likeness (QED) is 0.236. The maximum Gasteiger partial charge on any atom is 0.256 e. The zero-order valence-electron chi connectivity index (χ0n) is 20.9. The van der Waals surface area contributed by atoms with Crippen LogP contribution in [0.3, 0.4) is 0 Å². The number of ether oxygens (including phenoxy) is 2. The van der Waals surface area contributed by atoms with Crippen molar-refractivity contribution in [2.75, 3.05) is 56.7 Å². The summed E-state index contributed by atoms with van der Waals surface area (Å²) < 4.78 is 11.5. The summed E-state index contributed by atoms with van der Waals surface area (Å²) in [6.07, 6.45) is 0. The Balaban J connectivity index is 1.13. The van der Waals surface area contributed by atoms with E-state index in [0.717, 1.165) is 35.2 Å². The smallest absolute Gasteiger partial charge is 0.256 e. The van der Waals surface area contributed by atoms with Crippen LogP contribution in [0.4, 0.5) is 11.5 Å². The first-order valence-electron chi connectivity index (χ1n) is 12.4. The van der Waals surface area contributed by atoms with Crippen molar-refractivity contribution in [3.8, 4) is 5.75 Å². The van der Waals surface area contributed by atoms with Gasteiger partial charge in [-0.15, -0.1) is 0 Å². The van der Waals surface area contributed by atoms with E-state index in [9.17, 15) is 10.0 Å². The molecule has 37 heavy (non-hydrogen) atoms. The average molecular weight is 503 g/mol. The third kappa shape index (κ3) is 6.26. The number of carbonyl (C=O) groups is 1. The molecule has 192 valence electrons. The average Bonchev–Trinajstić information content (AvgIpc) is 3.31. The van der Waals surface area contributed by atoms with Crippen molar-refractivity contribution in [3.05, 3.63) is 83.9 Å². The van der Waals surface area contributed by atoms with E-state index in [1.165, 1.54) is 0 Å². The first-order valence-corrected chi connectivity index (χ1v) is 12.4. The van der Waals surface area contributed by atoms with E-state index in [2.05, 4.69) is 20.4 Å². The number of aromatic nitrogens is 2. The number of likely N-dealkylation sites (N-methyl/N-ethyl adjacent to an activating group) is 1. The number of hydrogen-bond donors (Lipinski definition) is 3. The van der Waals surface area contributed by atoms with Crippen LogP contribution < -0.4 is 15.0 Å². The third-order valence-corrected chi connectivity index (χ3v) is 6.57. The number of fused-ring (bicyclic) bond motifs is 1. The van der Waals surface area contributed by atoms with Crippen LogP contribution in [0, 0.1) is 0 Å². The predicted molar refractivity (Wildman–Crippen MR) is 142 cm³/mol. The number of hydrogen-bond acceptors (Lipinski definition) is 6. The fraction of sp³-hybridized carbons (Fsp3) is 0.286. The van der Waals surface area contributed by atoms with Crippen LogP contribution in [0.15, 0.2) is 72.8 Å². The summed E-state index contributed by atoms with van der Waals surface area (Å²) in [5.74, 6) is 0.942. The number of nitrogens with one attached hydrogen (secondary N) is 2. The van der Waals surface area contributed by atoms with Gasteiger partial charge in [0.15, 0.2) is 5.82 Å². The Bertz CT molecular complexity index is 1330. The Hall–Kier alpha value is -3.92. The summed E-state index contributed by atoms with van der Waals surface area (Å²) >= 11 is 0. The van der Waals surface area contributed by atoms with Gasteiger partial charge in [0, 0.05) is 22.7 Å². The lowest BCUT2D eigenvalue weighted by Gasteiger charge is -2.37. The second kappa shape index (κ2) is 11.0. The molecule has 0 radical (unpaired) electrons. The maximum absolute atomic E-state index is 12.8. The summed E-state index contributed by atoms with van der Waals surface area (Å²) in [5.41, 5.74) is 3.49. The van der Waals surface area contributed by atoms with Crippen molar-refractivity contribution in [3.63, 3.8) is 0 Å². The molecule has 0 unspecified atom stereocenters. The molecule has 9 nitrogen and oxygen atoms in total. The molecule has 3 N–H and O–H groups in total. The molecule has 0 atom stereocenters. The normalized spacial score (nSPS) is 15.0. The topological polar surface area (TPSA) is 99.7 Å². The predicted octanol–water partition coefficient (Wildman–Crippen LogP) is 4.07. The molecule has 0 aliphatic carbocycles. The number of nitrogens with zero attached hydrogens (tertiary/aromatic N) is 3. The lowest BCUT2D eigenvalue weighted by molar-refractivity contribution is -1.09. The number of hydroxylamine groups is 3. The highest BCUT2D eigenvalue weighted by atomic mass is 16.5. The first-order chi connectivity index (χ1) is 18.0. The number of amides is 1. The van der Waals surface area contributed by atoms with E-state index in [-0.39, 0.29) is 10.6 Å². The zero-order chi connectivity index (χ0) is 25.7. The second-order valence-corrected chi connectivity index (χ2v) is 9.44. The van der Waals surface area contributed by atoms with Gasteiger partial charge in [-0.1, -0.05) is 30.3 Å². The summed E-state index contributed by atoms with van der Waals surface area (Å²) in [6.45, 7) is 4.34. The van der Waals surface area contributed by atoms with Crippen molar-refractivity contribution < 1.29 is 24.1 Å². The molecule has 2 heterocycles. The van der Waals surface area contributed by atoms with Crippen molar-refractivity contribution in [1.29, 1.82) is 0 Å². The van der Waals surface area contributed by atoms with E-state index in [0.29, 0.717) is 50.0 Å². The van der Waals surface area contributed by atoms with Gasteiger partial charge < -0.3 is 19.7 Å². The Morgan fingerprint density at radius 2 is 1.81 bits per heavy atom.